The summed E-state index contributed by atoms with van der Waals surface area (Å²) in [6.07, 6.45) is 0. The van der Waals surface area contributed by atoms with Crippen molar-refractivity contribution in [1.82, 2.24) is 0 Å². The summed E-state index contributed by atoms with van der Waals surface area (Å²) in [5.41, 5.74) is 15.5. The molecule has 0 spiro atoms. The molecule has 0 saturated carbocycles. The van der Waals surface area contributed by atoms with Crippen LogP contribution in [0.25, 0.3) is 0 Å². The largest absolute Gasteiger partial charge is 0.423 e. The standard InChI is InChI=1S/C32H25N3O4/c33-24-11-15-26(16-12-24)35(27-17-13-25(34)14-18-27)28-20-22(31(36)38-29-7-3-1-4-8-29)19-23(21-28)32(37)39-30-9-5-2-6-10-30/h1-21H,33-34H2. The molecule has 4 N–H and O–H groups in total. The molecule has 0 aliphatic rings. The monoisotopic (exact) mass is 515 g/mol. The van der Waals surface area contributed by atoms with E-state index in [9.17, 15) is 9.59 Å². The van der Waals surface area contributed by atoms with Gasteiger partial charge in [0.1, 0.15) is 11.5 Å². The van der Waals surface area contributed by atoms with E-state index >= 15 is 0 Å². The van der Waals surface area contributed by atoms with Crippen molar-refractivity contribution < 1.29 is 19.1 Å². The van der Waals surface area contributed by atoms with Gasteiger partial charge < -0.3 is 25.8 Å². The van der Waals surface area contributed by atoms with Crippen LogP contribution in [0.2, 0.25) is 0 Å². The number of nitrogens with two attached hydrogens (primary N) is 2. The van der Waals surface area contributed by atoms with Gasteiger partial charge in [0.05, 0.1) is 11.1 Å². The third-order valence-corrected chi connectivity index (χ3v) is 5.86. The van der Waals surface area contributed by atoms with Crippen molar-refractivity contribution in [1.29, 1.82) is 0 Å². The van der Waals surface area contributed by atoms with E-state index in [4.69, 9.17) is 20.9 Å². The van der Waals surface area contributed by atoms with Gasteiger partial charge in [0, 0.05) is 28.4 Å². The minimum Gasteiger partial charge on any atom is -0.423 e. The summed E-state index contributed by atoms with van der Waals surface area (Å²) in [6.45, 7) is 0. The summed E-state index contributed by atoms with van der Waals surface area (Å²) >= 11 is 0. The molecule has 0 fully saturated rings. The lowest BCUT2D eigenvalue weighted by Gasteiger charge is -2.26. The number of para-hydroxylation sites is 2. The lowest BCUT2D eigenvalue weighted by Crippen LogP contribution is -2.16. The van der Waals surface area contributed by atoms with Crippen LogP contribution >= 0.6 is 0 Å². The molecule has 7 nitrogen and oxygen atoms in total. The van der Waals surface area contributed by atoms with Gasteiger partial charge in [0.2, 0.25) is 0 Å². The number of esters is 2. The van der Waals surface area contributed by atoms with Gasteiger partial charge in [-0.05, 0) is 91.0 Å². The lowest BCUT2D eigenvalue weighted by atomic mass is 10.1. The highest BCUT2D eigenvalue weighted by atomic mass is 16.5. The molecular formula is C32H25N3O4. The number of rotatable bonds is 7. The second-order valence-corrected chi connectivity index (χ2v) is 8.69. The Morgan fingerprint density at radius 2 is 0.872 bits per heavy atom. The van der Waals surface area contributed by atoms with Crippen LogP contribution in [0.15, 0.2) is 127 Å². The molecule has 5 rings (SSSR count). The summed E-state index contributed by atoms with van der Waals surface area (Å²) in [6, 6.07) is 36.7. The second kappa shape index (κ2) is 11.2. The Balaban J connectivity index is 1.62. The highest BCUT2D eigenvalue weighted by Crippen LogP contribution is 2.36. The number of benzene rings is 5. The van der Waals surface area contributed by atoms with E-state index in [1.807, 2.05) is 41.3 Å². The summed E-state index contributed by atoms with van der Waals surface area (Å²) in [5, 5.41) is 0. The highest BCUT2D eigenvalue weighted by molar-refractivity contribution is 5.99. The number of nitrogen functional groups attached to an aromatic ring is 2. The molecule has 0 aliphatic carbocycles. The van der Waals surface area contributed by atoms with Crippen molar-refractivity contribution in [3.8, 4) is 11.5 Å². The van der Waals surface area contributed by atoms with Crippen molar-refractivity contribution in [2.24, 2.45) is 0 Å². The number of carbonyl (C=O) groups excluding carboxylic acids is 2. The molecule has 0 bridgehead atoms. The quantitative estimate of drug-likeness (QED) is 0.140. The Bertz CT molecular complexity index is 1470. The topological polar surface area (TPSA) is 108 Å². The Morgan fingerprint density at radius 1 is 0.487 bits per heavy atom. The van der Waals surface area contributed by atoms with Crippen LogP contribution in [0.5, 0.6) is 11.5 Å². The lowest BCUT2D eigenvalue weighted by molar-refractivity contribution is 0.0734. The Hall–Kier alpha value is -5.56. The molecule has 5 aromatic rings. The van der Waals surface area contributed by atoms with Gasteiger partial charge in [0.15, 0.2) is 0 Å². The average Bonchev–Trinajstić information content (AvgIpc) is 2.96. The first-order valence-electron chi connectivity index (χ1n) is 12.2. The summed E-state index contributed by atoms with van der Waals surface area (Å²) in [7, 11) is 0. The molecular weight excluding hydrogens is 490 g/mol. The maximum atomic E-state index is 13.3. The number of nitrogens with zero attached hydrogens (tertiary/aromatic N) is 1. The van der Waals surface area contributed by atoms with Crippen molar-refractivity contribution in [3.63, 3.8) is 0 Å². The van der Waals surface area contributed by atoms with Crippen LogP contribution in [0.3, 0.4) is 0 Å². The van der Waals surface area contributed by atoms with E-state index in [-0.39, 0.29) is 11.1 Å². The molecule has 39 heavy (non-hydrogen) atoms. The van der Waals surface area contributed by atoms with Gasteiger partial charge in [-0.2, -0.15) is 0 Å². The van der Waals surface area contributed by atoms with E-state index in [1.165, 1.54) is 6.07 Å². The van der Waals surface area contributed by atoms with Crippen LogP contribution in [0.4, 0.5) is 28.4 Å². The summed E-state index contributed by atoms with van der Waals surface area (Å²) in [4.78, 5) is 28.4. The van der Waals surface area contributed by atoms with Crippen LogP contribution < -0.4 is 25.8 Å². The van der Waals surface area contributed by atoms with Gasteiger partial charge in [-0.1, -0.05) is 36.4 Å². The molecule has 0 amide bonds. The van der Waals surface area contributed by atoms with Gasteiger partial charge in [0.25, 0.3) is 0 Å². The van der Waals surface area contributed by atoms with Crippen LogP contribution in [0.1, 0.15) is 20.7 Å². The second-order valence-electron chi connectivity index (χ2n) is 8.69. The van der Waals surface area contributed by atoms with E-state index in [0.717, 1.165) is 11.4 Å². The zero-order valence-corrected chi connectivity index (χ0v) is 20.9. The predicted molar refractivity (Wildman–Crippen MR) is 153 cm³/mol. The molecule has 0 heterocycles. The van der Waals surface area contributed by atoms with Crippen molar-refractivity contribution >= 4 is 40.4 Å². The van der Waals surface area contributed by atoms with Crippen molar-refractivity contribution in [2.45, 2.75) is 0 Å². The fourth-order valence-corrected chi connectivity index (χ4v) is 3.98. The zero-order chi connectivity index (χ0) is 27.2. The molecule has 7 heteroatoms. The fraction of sp³-hybridized carbons (Fsp3) is 0. The van der Waals surface area contributed by atoms with Crippen LogP contribution in [0, 0.1) is 0 Å². The van der Waals surface area contributed by atoms with Crippen LogP contribution in [-0.4, -0.2) is 11.9 Å². The molecule has 0 unspecified atom stereocenters. The minimum atomic E-state index is -0.619. The van der Waals surface area contributed by atoms with E-state index in [0.29, 0.717) is 28.6 Å². The first kappa shape index (κ1) is 25.1. The third kappa shape index (κ3) is 6.06. The number of hydrogen-bond donors (Lipinski definition) is 2. The maximum absolute atomic E-state index is 13.3. The van der Waals surface area contributed by atoms with Crippen molar-refractivity contribution in [2.75, 3.05) is 16.4 Å². The molecule has 0 saturated heterocycles. The smallest absolute Gasteiger partial charge is 0.343 e. The first-order valence-corrected chi connectivity index (χ1v) is 12.2. The highest BCUT2D eigenvalue weighted by Gasteiger charge is 2.21. The summed E-state index contributed by atoms with van der Waals surface area (Å²) in [5.74, 6) is -0.469. The van der Waals surface area contributed by atoms with E-state index < -0.39 is 11.9 Å². The first-order chi connectivity index (χ1) is 19.0. The molecule has 0 aliphatic heterocycles. The number of anilines is 5. The Morgan fingerprint density at radius 3 is 1.26 bits per heavy atom. The third-order valence-electron chi connectivity index (χ3n) is 5.86. The fourth-order valence-electron chi connectivity index (χ4n) is 3.98. The van der Waals surface area contributed by atoms with Gasteiger partial charge in [-0.25, -0.2) is 9.59 Å². The molecule has 0 atom stereocenters. The zero-order valence-electron chi connectivity index (χ0n) is 20.9. The molecule has 5 aromatic carbocycles. The van der Waals surface area contributed by atoms with Gasteiger partial charge in [-0.3, -0.25) is 0 Å². The SMILES string of the molecule is Nc1ccc(N(c2ccc(N)cc2)c2cc(C(=O)Oc3ccccc3)cc(C(=O)Oc3ccccc3)c2)cc1. The normalized spacial score (nSPS) is 10.5. The molecule has 192 valence electrons. The summed E-state index contributed by atoms with van der Waals surface area (Å²) < 4.78 is 11.2. The van der Waals surface area contributed by atoms with E-state index in [2.05, 4.69) is 0 Å². The van der Waals surface area contributed by atoms with E-state index in [1.54, 1.807) is 84.9 Å². The number of ether oxygens (including phenoxy) is 2. The molecule has 0 radical (unpaired) electrons. The Labute approximate surface area is 225 Å². The number of hydrogen-bond acceptors (Lipinski definition) is 7. The molecule has 0 aromatic heterocycles. The van der Waals surface area contributed by atoms with Crippen molar-refractivity contribution in [3.05, 3.63) is 139 Å². The van der Waals surface area contributed by atoms with Gasteiger partial charge >= 0.3 is 11.9 Å². The maximum Gasteiger partial charge on any atom is 0.343 e. The van der Waals surface area contributed by atoms with Crippen LogP contribution in [-0.2, 0) is 0 Å². The average molecular weight is 516 g/mol. The van der Waals surface area contributed by atoms with Gasteiger partial charge in [-0.15, -0.1) is 0 Å². The Kier molecular flexibility index (Phi) is 7.23. The number of carbonyl (C=O) groups is 2. The minimum absolute atomic E-state index is 0.173. The predicted octanol–water partition coefficient (Wildman–Crippen LogP) is 6.76.